The summed E-state index contributed by atoms with van der Waals surface area (Å²) in [6.07, 6.45) is 0.382. The maximum absolute atomic E-state index is 11.9. The number of hydrogen-bond donors (Lipinski definition) is 1. The third-order valence-corrected chi connectivity index (χ3v) is 3.17. The van der Waals surface area contributed by atoms with Gasteiger partial charge in [0.1, 0.15) is 6.10 Å². The predicted octanol–water partition coefficient (Wildman–Crippen LogP) is 0.875. The Morgan fingerprint density at radius 2 is 2.00 bits per heavy atom. The van der Waals surface area contributed by atoms with Gasteiger partial charge in [0.25, 0.3) is 5.91 Å². The quantitative estimate of drug-likeness (QED) is 0.777. The Hall–Kier alpha value is -1.10. The van der Waals surface area contributed by atoms with E-state index in [-0.39, 0.29) is 11.9 Å². The highest BCUT2D eigenvalue weighted by molar-refractivity contribution is 5.82. The van der Waals surface area contributed by atoms with Gasteiger partial charge in [0.2, 0.25) is 0 Å². The van der Waals surface area contributed by atoms with Gasteiger partial charge in [-0.05, 0) is 26.2 Å². The maximum atomic E-state index is 11.9. The van der Waals surface area contributed by atoms with E-state index in [0.29, 0.717) is 12.8 Å². The number of rotatable bonds is 4. The van der Waals surface area contributed by atoms with Crippen LogP contribution in [0.4, 0.5) is 0 Å². The average Bonchev–Trinajstić information content (AvgIpc) is 2.75. The molecule has 1 fully saturated rings. The van der Waals surface area contributed by atoms with E-state index >= 15 is 0 Å². The van der Waals surface area contributed by atoms with E-state index < -0.39 is 18.2 Å². The summed E-state index contributed by atoms with van der Waals surface area (Å²) in [4.78, 5) is 24.2. The molecule has 0 spiro atoms. The van der Waals surface area contributed by atoms with Crippen LogP contribution in [0.3, 0.4) is 0 Å². The number of nitrogens with zero attached hydrogens (tertiary/aromatic N) is 1. The Kier molecular flexibility index (Phi) is 4.29. The normalized spacial score (nSPS) is 26.4. The van der Waals surface area contributed by atoms with Crippen LogP contribution in [0.25, 0.3) is 0 Å². The van der Waals surface area contributed by atoms with Crippen molar-refractivity contribution >= 4 is 11.9 Å². The number of carbonyl (C=O) groups excluding carboxylic acids is 1. The number of aliphatic carboxylic acids is 1. The van der Waals surface area contributed by atoms with Gasteiger partial charge in [0, 0.05) is 13.1 Å². The van der Waals surface area contributed by atoms with Crippen molar-refractivity contribution in [3.8, 4) is 0 Å². The Labute approximate surface area is 95.4 Å². The molecule has 5 heteroatoms. The molecule has 1 rings (SSSR count). The van der Waals surface area contributed by atoms with Crippen molar-refractivity contribution in [1.29, 1.82) is 0 Å². The second kappa shape index (κ2) is 5.30. The van der Waals surface area contributed by atoms with Crippen LogP contribution < -0.4 is 0 Å². The van der Waals surface area contributed by atoms with Crippen molar-refractivity contribution in [1.82, 2.24) is 4.90 Å². The van der Waals surface area contributed by atoms with Gasteiger partial charge in [-0.1, -0.05) is 6.92 Å². The van der Waals surface area contributed by atoms with Crippen LogP contribution in [-0.2, 0) is 14.3 Å². The standard InChI is InChI=1S/C11H19NO4/c1-4-7(2)12(3)10(13)8-5-6-9(16-8)11(14)15/h7-9H,4-6H2,1-3H3,(H,14,15). The topological polar surface area (TPSA) is 66.8 Å². The molecule has 1 aliphatic rings. The first kappa shape index (κ1) is 13.0. The Morgan fingerprint density at radius 1 is 1.44 bits per heavy atom. The molecule has 0 saturated carbocycles. The molecule has 3 atom stereocenters. The summed E-state index contributed by atoms with van der Waals surface area (Å²) in [6, 6.07) is 0.153. The summed E-state index contributed by atoms with van der Waals surface area (Å²) >= 11 is 0. The minimum absolute atomic E-state index is 0.113. The average molecular weight is 229 g/mol. The van der Waals surface area contributed by atoms with E-state index in [4.69, 9.17) is 9.84 Å². The molecule has 0 aromatic heterocycles. The lowest BCUT2D eigenvalue weighted by Gasteiger charge is -2.26. The molecule has 5 nitrogen and oxygen atoms in total. The van der Waals surface area contributed by atoms with Gasteiger partial charge in [-0.3, -0.25) is 4.79 Å². The second-order valence-electron chi connectivity index (χ2n) is 4.24. The molecule has 16 heavy (non-hydrogen) atoms. The Bertz CT molecular complexity index is 279. The third kappa shape index (κ3) is 2.72. The molecule has 3 unspecified atom stereocenters. The zero-order valence-electron chi connectivity index (χ0n) is 9.97. The fourth-order valence-electron chi connectivity index (χ4n) is 1.72. The number of carboxylic acids is 1. The van der Waals surface area contributed by atoms with Crippen molar-refractivity contribution in [3.05, 3.63) is 0 Å². The SMILES string of the molecule is CCC(C)N(C)C(=O)C1CCC(C(=O)O)O1. The van der Waals surface area contributed by atoms with Crippen LogP contribution in [0, 0.1) is 0 Å². The Morgan fingerprint density at radius 3 is 2.44 bits per heavy atom. The summed E-state index contributed by atoms with van der Waals surface area (Å²) in [6.45, 7) is 3.96. The van der Waals surface area contributed by atoms with Gasteiger partial charge in [0.15, 0.2) is 6.10 Å². The second-order valence-corrected chi connectivity index (χ2v) is 4.24. The van der Waals surface area contributed by atoms with Crippen LogP contribution in [0.1, 0.15) is 33.1 Å². The zero-order chi connectivity index (χ0) is 12.3. The van der Waals surface area contributed by atoms with E-state index in [1.807, 2.05) is 13.8 Å². The first-order valence-corrected chi connectivity index (χ1v) is 5.62. The van der Waals surface area contributed by atoms with Gasteiger partial charge in [-0.25, -0.2) is 4.79 Å². The van der Waals surface area contributed by atoms with Crippen molar-refractivity contribution < 1.29 is 19.4 Å². The van der Waals surface area contributed by atoms with Crippen LogP contribution in [0.15, 0.2) is 0 Å². The molecule has 0 radical (unpaired) electrons. The van der Waals surface area contributed by atoms with Crippen LogP contribution in [0.2, 0.25) is 0 Å². The van der Waals surface area contributed by atoms with Crippen LogP contribution >= 0.6 is 0 Å². The molecule has 0 aromatic carbocycles. The molecule has 1 saturated heterocycles. The fourth-order valence-corrected chi connectivity index (χ4v) is 1.72. The predicted molar refractivity (Wildman–Crippen MR) is 58.1 cm³/mol. The van der Waals surface area contributed by atoms with E-state index in [2.05, 4.69) is 0 Å². The lowest BCUT2D eigenvalue weighted by atomic mass is 10.1. The van der Waals surface area contributed by atoms with E-state index in [0.717, 1.165) is 6.42 Å². The number of ether oxygens (including phenoxy) is 1. The first-order chi connectivity index (χ1) is 7.47. The monoisotopic (exact) mass is 229 g/mol. The smallest absolute Gasteiger partial charge is 0.332 e. The molecule has 0 aromatic rings. The highest BCUT2D eigenvalue weighted by Gasteiger charge is 2.36. The lowest BCUT2D eigenvalue weighted by Crippen LogP contribution is -2.41. The number of amides is 1. The van der Waals surface area contributed by atoms with Gasteiger partial charge in [-0.15, -0.1) is 0 Å². The van der Waals surface area contributed by atoms with E-state index in [1.54, 1.807) is 11.9 Å². The highest BCUT2D eigenvalue weighted by Crippen LogP contribution is 2.22. The molecule has 1 amide bonds. The summed E-state index contributed by atoms with van der Waals surface area (Å²) in [5, 5.41) is 8.76. The van der Waals surface area contributed by atoms with Gasteiger partial charge in [0.05, 0.1) is 0 Å². The molecule has 1 heterocycles. The van der Waals surface area contributed by atoms with Crippen molar-refractivity contribution in [2.75, 3.05) is 7.05 Å². The van der Waals surface area contributed by atoms with E-state index in [1.165, 1.54) is 0 Å². The van der Waals surface area contributed by atoms with Gasteiger partial charge in [-0.2, -0.15) is 0 Å². The summed E-state index contributed by atoms with van der Waals surface area (Å²) in [5.74, 6) is -1.10. The number of likely N-dealkylation sites (N-methyl/N-ethyl adjacent to an activating group) is 1. The van der Waals surface area contributed by atoms with Gasteiger partial charge < -0.3 is 14.7 Å². The minimum Gasteiger partial charge on any atom is -0.479 e. The maximum Gasteiger partial charge on any atom is 0.332 e. The largest absolute Gasteiger partial charge is 0.479 e. The van der Waals surface area contributed by atoms with Gasteiger partial charge >= 0.3 is 5.97 Å². The molecule has 0 aliphatic carbocycles. The molecule has 0 bridgehead atoms. The summed E-state index contributed by atoms with van der Waals surface area (Å²) < 4.78 is 5.21. The molecular formula is C11H19NO4. The molecule has 92 valence electrons. The molecule has 1 N–H and O–H groups in total. The fraction of sp³-hybridized carbons (Fsp3) is 0.818. The minimum atomic E-state index is -0.985. The number of carboxylic acid groups (broad SMARTS) is 1. The highest BCUT2D eigenvalue weighted by atomic mass is 16.5. The third-order valence-electron chi connectivity index (χ3n) is 3.17. The molecular weight excluding hydrogens is 210 g/mol. The van der Waals surface area contributed by atoms with Crippen LogP contribution in [0.5, 0.6) is 0 Å². The van der Waals surface area contributed by atoms with Crippen molar-refractivity contribution in [3.63, 3.8) is 0 Å². The molecule has 1 aliphatic heterocycles. The van der Waals surface area contributed by atoms with Crippen molar-refractivity contribution in [2.24, 2.45) is 0 Å². The summed E-state index contributed by atoms with van der Waals surface area (Å²) in [5.41, 5.74) is 0. The van der Waals surface area contributed by atoms with Crippen LogP contribution in [-0.4, -0.2) is 47.2 Å². The number of carbonyl (C=O) groups is 2. The summed E-state index contributed by atoms with van der Waals surface area (Å²) in [7, 11) is 1.73. The Balaban J connectivity index is 2.54. The number of hydrogen-bond acceptors (Lipinski definition) is 3. The van der Waals surface area contributed by atoms with E-state index in [9.17, 15) is 9.59 Å². The first-order valence-electron chi connectivity index (χ1n) is 5.62. The zero-order valence-corrected chi connectivity index (χ0v) is 9.97. The van der Waals surface area contributed by atoms with Crippen molar-refractivity contribution in [2.45, 2.75) is 51.4 Å². The lowest BCUT2D eigenvalue weighted by molar-refractivity contribution is -0.155.